The van der Waals surface area contributed by atoms with Crippen LogP contribution in [0.4, 0.5) is 0 Å². The topological polar surface area (TPSA) is 34.1 Å². The van der Waals surface area contributed by atoms with Crippen LogP contribution >= 0.6 is 47.1 Å². The van der Waals surface area contributed by atoms with Gasteiger partial charge in [0.15, 0.2) is 0 Å². The molecular formula is C7H8Cl4O2S. The van der Waals surface area contributed by atoms with Crippen molar-refractivity contribution in [3.8, 4) is 0 Å². The van der Waals surface area contributed by atoms with Crippen LogP contribution in [0.2, 0.25) is 5.02 Å². The van der Waals surface area contributed by atoms with Crippen LogP contribution in [0.25, 0.3) is 0 Å². The van der Waals surface area contributed by atoms with Gasteiger partial charge in [-0.1, -0.05) is 23.7 Å². The van der Waals surface area contributed by atoms with E-state index in [0.717, 1.165) is 0 Å². The van der Waals surface area contributed by atoms with Crippen molar-refractivity contribution in [2.75, 3.05) is 0 Å². The monoisotopic (exact) mass is 296 g/mol. The van der Waals surface area contributed by atoms with Crippen LogP contribution in [0.5, 0.6) is 0 Å². The SMILES string of the molecule is Cc1cccc(Cl)c1S(=O)(=O)Cl.Cl.Cl. The van der Waals surface area contributed by atoms with Gasteiger partial charge in [-0.3, -0.25) is 0 Å². The lowest BCUT2D eigenvalue weighted by Crippen LogP contribution is -1.94. The molecule has 0 aliphatic carbocycles. The lowest BCUT2D eigenvalue weighted by atomic mass is 10.2. The first-order valence-corrected chi connectivity index (χ1v) is 5.81. The van der Waals surface area contributed by atoms with E-state index in [-0.39, 0.29) is 34.7 Å². The Bertz CT molecular complexity index is 382. The zero-order valence-corrected chi connectivity index (χ0v) is 11.0. The maximum atomic E-state index is 11.0. The molecule has 0 aliphatic heterocycles. The zero-order valence-electron chi connectivity index (χ0n) is 7.03. The molecule has 0 saturated carbocycles. The highest BCUT2D eigenvalue weighted by Gasteiger charge is 2.16. The molecule has 0 atom stereocenters. The number of hydrogen-bond acceptors (Lipinski definition) is 2. The van der Waals surface area contributed by atoms with Gasteiger partial charge in [0.05, 0.1) is 5.02 Å². The molecule has 2 nitrogen and oxygen atoms in total. The molecule has 0 unspecified atom stereocenters. The average Bonchev–Trinajstić information content (AvgIpc) is 1.82. The lowest BCUT2D eigenvalue weighted by Gasteiger charge is -2.02. The Morgan fingerprint density at radius 3 is 2.00 bits per heavy atom. The highest BCUT2D eigenvalue weighted by molar-refractivity contribution is 8.13. The molecular weight excluding hydrogens is 290 g/mol. The molecule has 0 saturated heterocycles. The molecule has 0 heterocycles. The average molecular weight is 298 g/mol. The van der Waals surface area contributed by atoms with Crippen LogP contribution in [-0.2, 0) is 9.05 Å². The molecule has 1 aromatic rings. The number of benzene rings is 1. The van der Waals surface area contributed by atoms with Crippen molar-refractivity contribution in [3.63, 3.8) is 0 Å². The normalized spacial score (nSPS) is 9.93. The second-order valence-corrected chi connectivity index (χ2v) is 5.23. The summed E-state index contributed by atoms with van der Waals surface area (Å²) in [7, 11) is 1.43. The molecule has 0 bridgehead atoms. The third kappa shape index (κ3) is 3.83. The van der Waals surface area contributed by atoms with Crippen molar-refractivity contribution in [1.82, 2.24) is 0 Å². The van der Waals surface area contributed by atoms with Crippen LogP contribution in [0.3, 0.4) is 0 Å². The first-order chi connectivity index (χ1) is 5.43. The third-order valence-electron chi connectivity index (χ3n) is 1.41. The van der Waals surface area contributed by atoms with Gasteiger partial charge in [-0.15, -0.1) is 24.8 Å². The minimum atomic E-state index is -3.72. The maximum Gasteiger partial charge on any atom is 0.263 e. The lowest BCUT2D eigenvalue weighted by molar-refractivity contribution is 0.609. The standard InChI is InChI=1S/C7H6Cl2O2S.2ClH/c1-5-3-2-4-6(8)7(5)12(9,10)11;;/h2-4H,1H3;2*1H. The van der Waals surface area contributed by atoms with Gasteiger partial charge >= 0.3 is 0 Å². The molecule has 1 aromatic carbocycles. The molecule has 1 rings (SSSR count). The third-order valence-corrected chi connectivity index (χ3v) is 3.33. The van der Waals surface area contributed by atoms with E-state index in [2.05, 4.69) is 0 Å². The molecule has 0 aromatic heterocycles. The number of hydrogen-bond donors (Lipinski definition) is 0. The molecule has 0 amide bonds. The van der Waals surface area contributed by atoms with E-state index in [0.29, 0.717) is 5.56 Å². The van der Waals surface area contributed by atoms with E-state index >= 15 is 0 Å². The van der Waals surface area contributed by atoms with Crippen LogP contribution in [-0.4, -0.2) is 8.42 Å². The van der Waals surface area contributed by atoms with Crippen molar-refractivity contribution in [2.45, 2.75) is 11.8 Å². The Morgan fingerprint density at radius 2 is 1.71 bits per heavy atom. The maximum absolute atomic E-state index is 11.0. The quantitative estimate of drug-likeness (QED) is 0.744. The van der Waals surface area contributed by atoms with E-state index in [1.807, 2.05) is 0 Å². The van der Waals surface area contributed by atoms with Crippen molar-refractivity contribution >= 4 is 56.1 Å². The van der Waals surface area contributed by atoms with Gasteiger partial charge in [-0.25, -0.2) is 8.42 Å². The number of rotatable bonds is 1. The van der Waals surface area contributed by atoms with Gasteiger partial charge in [-0.05, 0) is 18.6 Å². The second kappa shape index (κ2) is 6.03. The summed E-state index contributed by atoms with van der Waals surface area (Å²) in [5, 5.41) is 0.157. The minimum Gasteiger partial charge on any atom is -0.207 e. The molecule has 0 spiro atoms. The molecule has 0 N–H and O–H groups in total. The largest absolute Gasteiger partial charge is 0.263 e. The Morgan fingerprint density at radius 1 is 1.21 bits per heavy atom. The van der Waals surface area contributed by atoms with Crippen molar-refractivity contribution in [3.05, 3.63) is 28.8 Å². The minimum absolute atomic E-state index is 0. The van der Waals surface area contributed by atoms with Crippen LogP contribution in [0.1, 0.15) is 5.56 Å². The van der Waals surface area contributed by atoms with Gasteiger partial charge in [0, 0.05) is 10.7 Å². The molecule has 14 heavy (non-hydrogen) atoms. The molecule has 0 aliphatic rings. The number of halogens is 4. The predicted molar refractivity (Wildman–Crippen MR) is 63.7 cm³/mol. The Labute approximate surface area is 105 Å². The summed E-state index contributed by atoms with van der Waals surface area (Å²) in [6.45, 7) is 1.64. The van der Waals surface area contributed by atoms with E-state index in [9.17, 15) is 8.42 Å². The summed E-state index contributed by atoms with van der Waals surface area (Å²) in [5.41, 5.74) is 0.553. The fourth-order valence-electron chi connectivity index (χ4n) is 0.925. The Hall–Kier alpha value is 0.330. The smallest absolute Gasteiger partial charge is 0.207 e. The zero-order chi connectivity index (χ0) is 9.35. The Balaban J connectivity index is 0. The first-order valence-electron chi connectivity index (χ1n) is 3.12. The predicted octanol–water partition coefficient (Wildman–Crippen LogP) is 3.42. The summed E-state index contributed by atoms with van der Waals surface area (Å²) >= 11 is 5.65. The molecule has 0 fully saturated rings. The Kier molecular flexibility index (Phi) is 7.22. The first kappa shape index (κ1) is 16.7. The summed E-state index contributed by atoms with van der Waals surface area (Å²) in [5.74, 6) is 0. The van der Waals surface area contributed by atoms with Crippen molar-refractivity contribution < 1.29 is 8.42 Å². The highest BCUT2D eigenvalue weighted by atomic mass is 35.7. The van der Waals surface area contributed by atoms with Gasteiger partial charge in [0.25, 0.3) is 9.05 Å². The van der Waals surface area contributed by atoms with Crippen molar-refractivity contribution in [1.29, 1.82) is 0 Å². The van der Waals surface area contributed by atoms with Crippen LogP contribution < -0.4 is 0 Å². The summed E-state index contributed by atoms with van der Waals surface area (Å²) in [6, 6.07) is 4.80. The molecule has 82 valence electrons. The van der Waals surface area contributed by atoms with Crippen LogP contribution in [0, 0.1) is 6.92 Å². The van der Waals surface area contributed by atoms with Gasteiger partial charge in [0.1, 0.15) is 4.90 Å². The second-order valence-electron chi connectivity index (χ2n) is 2.32. The van der Waals surface area contributed by atoms with Gasteiger partial charge in [0.2, 0.25) is 0 Å². The molecule has 7 heteroatoms. The van der Waals surface area contributed by atoms with E-state index < -0.39 is 9.05 Å². The highest BCUT2D eigenvalue weighted by Crippen LogP contribution is 2.27. The van der Waals surface area contributed by atoms with Crippen molar-refractivity contribution in [2.24, 2.45) is 0 Å². The number of aryl methyl sites for hydroxylation is 1. The van der Waals surface area contributed by atoms with Gasteiger partial charge in [-0.2, -0.15) is 0 Å². The fraction of sp³-hybridized carbons (Fsp3) is 0.143. The molecule has 0 radical (unpaired) electrons. The fourth-order valence-corrected chi connectivity index (χ4v) is 2.94. The van der Waals surface area contributed by atoms with Crippen LogP contribution in [0.15, 0.2) is 23.1 Å². The summed E-state index contributed by atoms with van der Waals surface area (Å²) in [6.07, 6.45) is 0. The summed E-state index contributed by atoms with van der Waals surface area (Å²) in [4.78, 5) is -0.00617. The summed E-state index contributed by atoms with van der Waals surface area (Å²) < 4.78 is 21.9. The van der Waals surface area contributed by atoms with Gasteiger partial charge < -0.3 is 0 Å². The van der Waals surface area contributed by atoms with E-state index in [1.165, 1.54) is 6.07 Å². The van der Waals surface area contributed by atoms with E-state index in [1.54, 1.807) is 19.1 Å². The van der Waals surface area contributed by atoms with E-state index in [4.69, 9.17) is 22.3 Å².